The number of alkyl halides is 2. The molecule has 1 aromatic carbocycles. The highest BCUT2D eigenvalue weighted by Crippen LogP contribution is 2.30. The van der Waals surface area contributed by atoms with Crippen LogP contribution in [-0.4, -0.2) is 20.3 Å². The fourth-order valence-electron chi connectivity index (χ4n) is 1.75. The predicted octanol–water partition coefficient (Wildman–Crippen LogP) is 4.29. The SMILES string of the molecule is CCCCCCNc1cc(OC)ccc1OC(F)F. The molecule has 0 amide bonds. The smallest absolute Gasteiger partial charge is 0.387 e. The Balaban J connectivity index is 2.60. The Labute approximate surface area is 112 Å². The summed E-state index contributed by atoms with van der Waals surface area (Å²) in [6.07, 6.45) is 4.47. The van der Waals surface area contributed by atoms with Crippen LogP contribution in [0, 0.1) is 0 Å². The summed E-state index contributed by atoms with van der Waals surface area (Å²) < 4.78 is 34.1. The van der Waals surface area contributed by atoms with Gasteiger partial charge in [0.05, 0.1) is 12.8 Å². The molecule has 0 fully saturated rings. The molecule has 3 nitrogen and oxygen atoms in total. The summed E-state index contributed by atoms with van der Waals surface area (Å²) in [5, 5.41) is 3.11. The Kier molecular flexibility index (Phi) is 7.00. The van der Waals surface area contributed by atoms with E-state index >= 15 is 0 Å². The van der Waals surface area contributed by atoms with Crippen molar-refractivity contribution in [2.45, 2.75) is 39.2 Å². The van der Waals surface area contributed by atoms with Gasteiger partial charge >= 0.3 is 6.61 Å². The largest absolute Gasteiger partial charge is 0.497 e. The lowest BCUT2D eigenvalue weighted by Gasteiger charge is -2.14. The monoisotopic (exact) mass is 273 g/mol. The summed E-state index contributed by atoms with van der Waals surface area (Å²) in [5.41, 5.74) is 0.538. The van der Waals surface area contributed by atoms with Crippen LogP contribution in [0.2, 0.25) is 0 Å². The van der Waals surface area contributed by atoms with Gasteiger partial charge in [0.1, 0.15) is 11.5 Å². The maximum absolute atomic E-state index is 12.3. The van der Waals surface area contributed by atoms with Gasteiger partial charge in [0, 0.05) is 12.6 Å². The van der Waals surface area contributed by atoms with Gasteiger partial charge < -0.3 is 14.8 Å². The van der Waals surface area contributed by atoms with Crippen molar-refractivity contribution in [1.29, 1.82) is 0 Å². The van der Waals surface area contributed by atoms with Gasteiger partial charge in [-0.15, -0.1) is 0 Å². The van der Waals surface area contributed by atoms with Crippen LogP contribution < -0.4 is 14.8 Å². The third kappa shape index (κ3) is 5.77. The minimum absolute atomic E-state index is 0.145. The van der Waals surface area contributed by atoms with Crippen LogP contribution in [0.3, 0.4) is 0 Å². The molecule has 0 saturated carbocycles. The number of methoxy groups -OCH3 is 1. The van der Waals surface area contributed by atoms with Gasteiger partial charge in [0.15, 0.2) is 0 Å². The van der Waals surface area contributed by atoms with E-state index in [-0.39, 0.29) is 5.75 Å². The zero-order valence-corrected chi connectivity index (χ0v) is 11.4. The molecule has 1 rings (SSSR count). The molecule has 1 N–H and O–H groups in total. The molecule has 0 heterocycles. The summed E-state index contributed by atoms with van der Waals surface area (Å²) in [7, 11) is 1.54. The molecule has 1 aromatic rings. The van der Waals surface area contributed by atoms with Gasteiger partial charge in [0.2, 0.25) is 0 Å². The van der Waals surface area contributed by atoms with Gasteiger partial charge in [-0.2, -0.15) is 8.78 Å². The van der Waals surface area contributed by atoms with Gasteiger partial charge in [-0.1, -0.05) is 26.2 Å². The number of rotatable bonds is 9. The standard InChI is InChI=1S/C14H21F2NO2/c1-3-4-5-6-9-17-12-10-11(18-2)7-8-13(12)19-14(15)16/h7-8,10,14,17H,3-6,9H2,1-2H3. The minimum Gasteiger partial charge on any atom is -0.497 e. The lowest BCUT2D eigenvalue weighted by atomic mass is 10.2. The highest BCUT2D eigenvalue weighted by molar-refractivity contribution is 5.59. The molecule has 0 atom stereocenters. The van der Waals surface area contributed by atoms with E-state index in [2.05, 4.69) is 17.0 Å². The van der Waals surface area contributed by atoms with E-state index in [1.54, 1.807) is 12.1 Å². The summed E-state index contributed by atoms with van der Waals surface area (Å²) >= 11 is 0. The number of nitrogens with one attached hydrogen (secondary N) is 1. The van der Waals surface area contributed by atoms with Crippen LogP contribution in [0.15, 0.2) is 18.2 Å². The molecule has 0 aliphatic rings. The third-order valence-electron chi connectivity index (χ3n) is 2.75. The number of hydrogen-bond donors (Lipinski definition) is 1. The number of ether oxygens (including phenoxy) is 2. The quantitative estimate of drug-likeness (QED) is 0.681. The van der Waals surface area contributed by atoms with Gasteiger partial charge in [-0.3, -0.25) is 0 Å². The fraction of sp³-hybridized carbons (Fsp3) is 0.571. The van der Waals surface area contributed by atoms with E-state index < -0.39 is 6.61 Å². The summed E-state index contributed by atoms with van der Waals surface area (Å²) in [6.45, 7) is 0.0469. The Bertz CT molecular complexity index is 372. The maximum atomic E-state index is 12.3. The van der Waals surface area contributed by atoms with Gasteiger partial charge in [0.25, 0.3) is 0 Å². The Morgan fingerprint density at radius 1 is 1.21 bits per heavy atom. The first-order valence-electron chi connectivity index (χ1n) is 6.54. The first-order valence-corrected chi connectivity index (χ1v) is 6.54. The summed E-state index contributed by atoms with van der Waals surface area (Å²) in [6, 6.07) is 4.75. The van der Waals surface area contributed by atoms with Gasteiger partial charge in [-0.05, 0) is 18.6 Å². The van der Waals surface area contributed by atoms with Crippen molar-refractivity contribution in [3.05, 3.63) is 18.2 Å². The lowest BCUT2D eigenvalue weighted by Crippen LogP contribution is -2.07. The predicted molar refractivity (Wildman–Crippen MR) is 72.3 cm³/mol. The van der Waals surface area contributed by atoms with Crippen molar-refractivity contribution >= 4 is 5.69 Å². The molecule has 0 aliphatic heterocycles. The molecular weight excluding hydrogens is 252 g/mol. The molecule has 0 saturated heterocycles. The Morgan fingerprint density at radius 2 is 2.00 bits per heavy atom. The van der Waals surface area contributed by atoms with Crippen LogP contribution in [-0.2, 0) is 0 Å². The molecule has 5 heteroatoms. The minimum atomic E-state index is -2.82. The molecule has 0 radical (unpaired) electrons. The fourth-order valence-corrected chi connectivity index (χ4v) is 1.75. The molecule has 0 aliphatic carbocycles. The molecule has 108 valence electrons. The van der Waals surface area contributed by atoms with Crippen LogP contribution in [0.5, 0.6) is 11.5 Å². The second-order valence-corrected chi connectivity index (χ2v) is 4.23. The average Bonchev–Trinajstić information content (AvgIpc) is 2.39. The Morgan fingerprint density at radius 3 is 2.63 bits per heavy atom. The third-order valence-corrected chi connectivity index (χ3v) is 2.75. The van der Waals surface area contributed by atoms with Crippen molar-refractivity contribution in [3.63, 3.8) is 0 Å². The van der Waals surface area contributed by atoms with Crippen LogP contribution in [0.4, 0.5) is 14.5 Å². The molecular formula is C14H21F2NO2. The average molecular weight is 273 g/mol. The molecule has 0 aromatic heterocycles. The topological polar surface area (TPSA) is 30.5 Å². The van der Waals surface area contributed by atoms with Crippen LogP contribution >= 0.6 is 0 Å². The summed E-state index contributed by atoms with van der Waals surface area (Å²) in [4.78, 5) is 0. The van der Waals surface area contributed by atoms with E-state index in [9.17, 15) is 8.78 Å². The maximum Gasteiger partial charge on any atom is 0.387 e. The number of benzene rings is 1. The number of unbranched alkanes of at least 4 members (excludes halogenated alkanes) is 3. The van der Waals surface area contributed by atoms with E-state index in [0.29, 0.717) is 11.4 Å². The highest BCUT2D eigenvalue weighted by Gasteiger charge is 2.10. The summed E-state index contributed by atoms with van der Waals surface area (Å²) in [5.74, 6) is 0.754. The second kappa shape index (κ2) is 8.56. The zero-order valence-electron chi connectivity index (χ0n) is 11.4. The van der Waals surface area contributed by atoms with Gasteiger partial charge in [-0.25, -0.2) is 0 Å². The van der Waals surface area contributed by atoms with Crippen molar-refractivity contribution in [3.8, 4) is 11.5 Å². The van der Waals surface area contributed by atoms with Crippen molar-refractivity contribution in [2.24, 2.45) is 0 Å². The first kappa shape index (κ1) is 15.5. The van der Waals surface area contributed by atoms with Crippen molar-refractivity contribution < 1.29 is 18.3 Å². The number of anilines is 1. The number of hydrogen-bond acceptors (Lipinski definition) is 3. The Hall–Kier alpha value is -1.52. The molecule has 0 unspecified atom stereocenters. The first-order chi connectivity index (χ1) is 9.17. The molecule has 19 heavy (non-hydrogen) atoms. The lowest BCUT2D eigenvalue weighted by molar-refractivity contribution is -0.0493. The second-order valence-electron chi connectivity index (χ2n) is 4.23. The van der Waals surface area contributed by atoms with Crippen molar-refractivity contribution in [2.75, 3.05) is 19.0 Å². The van der Waals surface area contributed by atoms with Crippen LogP contribution in [0.1, 0.15) is 32.6 Å². The van der Waals surface area contributed by atoms with E-state index in [1.165, 1.54) is 26.0 Å². The van der Waals surface area contributed by atoms with E-state index in [1.807, 2.05) is 0 Å². The number of halogens is 2. The van der Waals surface area contributed by atoms with E-state index in [4.69, 9.17) is 4.74 Å². The van der Waals surface area contributed by atoms with Crippen molar-refractivity contribution in [1.82, 2.24) is 0 Å². The van der Waals surface area contributed by atoms with Crippen LogP contribution in [0.25, 0.3) is 0 Å². The molecule has 0 spiro atoms. The zero-order chi connectivity index (χ0) is 14.1. The van der Waals surface area contributed by atoms with E-state index in [0.717, 1.165) is 19.4 Å². The highest BCUT2D eigenvalue weighted by atomic mass is 19.3. The molecule has 0 bridgehead atoms. The normalized spacial score (nSPS) is 10.6.